The molecular weight excluding hydrogens is 396 g/mol. The van der Waals surface area contributed by atoms with Crippen LogP contribution in [0.3, 0.4) is 0 Å². The molecule has 0 bridgehead atoms. The van der Waals surface area contributed by atoms with Gasteiger partial charge in [0.1, 0.15) is 6.04 Å². The van der Waals surface area contributed by atoms with E-state index >= 15 is 0 Å². The Kier molecular flexibility index (Phi) is 8.79. The van der Waals surface area contributed by atoms with E-state index in [1.807, 2.05) is 19.9 Å². The number of nitrogens with zero attached hydrogens (tertiary/aromatic N) is 1. The second kappa shape index (κ2) is 10.9. The van der Waals surface area contributed by atoms with Crippen LogP contribution in [0.1, 0.15) is 64.5 Å². The van der Waals surface area contributed by atoms with Crippen LogP contribution in [0, 0.1) is 11.8 Å². The summed E-state index contributed by atoms with van der Waals surface area (Å²) in [6, 6.07) is 5.49. The number of nitrogens with two attached hydrogens (primary N) is 1. The molecule has 0 saturated carbocycles. The molecule has 1 unspecified atom stereocenters. The summed E-state index contributed by atoms with van der Waals surface area (Å²) in [5.41, 5.74) is 8.06. The molecule has 0 aliphatic heterocycles. The van der Waals surface area contributed by atoms with E-state index in [2.05, 4.69) is 50.5 Å². The number of hydrogen-bond acceptors (Lipinski definition) is 5. The Morgan fingerprint density at radius 1 is 1.10 bits per heavy atom. The summed E-state index contributed by atoms with van der Waals surface area (Å²) >= 11 is 1.58. The predicted molar refractivity (Wildman–Crippen MR) is 125 cm³/mol. The maximum Gasteiger partial charge on any atom is 0.243 e. The molecule has 0 aliphatic rings. The van der Waals surface area contributed by atoms with E-state index in [-0.39, 0.29) is 29.7 Å². The molecule has 0 aliphatic carbocycles. The Hall–Kier alpha value is -1.99. The first-order valence-electron chi connectivity index (χ1n) is 10.9. The summed E-state index contributed by atoms with van der Waals surface area (Å²) in [4.78, 5) is 30.1. The molecule has 6 nitrogen and oxygen atoms in total. The Bertz CT molecular complexity index is 862. The highest BCUT2D eigenvalue weighted by atomic mass is 32.1. The van der Waals surface area contributed by atoms with Gasteiger partial charge in [0.25, 0.3) is 0 Å². The number of nitrogens with one attached hydrogen (secondary N) is 2. The third-order valence-electron chi connectivity index (χ3n) is 5.57. The van der Waals surface area contributed by atoms with Gasteiger partial charge in [-0.25, -0.2) is 4.98 Å². The lowest BCUT2D eigenvalue weighted by atomic mass is 9.98. The van der Waals surface area contributed by atoms with E-state index in [0.717, 1.165) is 21.6 Å². The lowest BCUT2D eigenvalue weighted by molar-refractivity contribution is -0.131. The van der Waals surface area contributed by atoms with Crippen molar-refractivity contribution < 1.29 is 9.59 Å². The first-order valence-corrected chi connectivity index (χ1v) is 11.7. The molecule has 30 heavy (non-hydrogen) atoms. The molecule has 0 spiro atoms. The molecule has 1 aromatic heterocycles. The summed E-state index contributed by atoms with van der Waals surface area (Å²) in [6.45, 7) is 12.5. The Balaban J connectivity index is 2.25. The van der Waals surface area contributed by atoms with E-state index in [1.54, 1.807) is 11.3 Å². The zero-order chi connectivity index (χ0) is 22.4. The van der Waals surface area contributed by atoms with Gasteiger partial charge in [0.15, 0.2) is 0 Å². The Labute approximate surface area is 184 Å². The van der Waals surface area contributed by atoms with Crippen LogP contribution in [-0.2, 0) is 16.0 Å². The number of fused-ring (bicyclic) bond motifs is 1. The SMILES string of the molecule is CC[C@H](C)[C@@H](CN)NC(=O)C(Cc1nc2ccc(C(C)C)cc2s1)NC(=O)C(C)C. The highest BCUT2D eigenvalue weighted by molar-refractivity contribution is 7.18. The van der Waals surface area contributed by atoms with Crippen molar-refractivity contribution in [1.82, 2.24) is 15.6 Å². The smallest absolute Gasteiger partial charge is 0.243 e. The summed E-state index contributed by atoms with van der Waals surface area (Å²) in [6.07, 6.45) is 1.28. The zero-order valence-corrected chi connectivity index (χ0v) is 19.8. The van der Waals surface area contributed by atoms with E-state index in [0.29, 0.717) is 18.9 Å². The number of hydrogen-bond donors (Lipinski definition) is 3. The minimum Gasteiger partial charge on any atom is -0.350 e. The van der Waals surface area contributed by atoms with Crippen molar-refractivity contribution in [3.63, 3.8) is 0 Å². The molecule has 0 radical (unpaired) electrons. The minimum absolute atomic E-state index is 0.120. The van der Waals surface area contributed by atoms with Crippen molar-refractivity contribution >= 4 is 33.4 Å². The predicted octanol–water partition coefficient (Wildman–Crippen LogP) is 3.59. The van der Waals surface area contributed by atoms with Crippen LogP contribution < -0.4 is 16.4 Å². The van der Waals surface area contributed by atoms with Gasteiger partial charge < -0.3 is 16.4 Å². The van der Waals surface area contributed by atoms with Gasteiger partial charge in [-0.1, -0.05) is 54.0 Å². The lowest BCUT2D eigenvalue weighted by Gasteiger charge is -2.26. The molecule has 4 N–H and O–H groups in total. The first-order chi connectivity index (χ1) is 14.2. The normalized spacial score (nSPS) is 14.7. The van der Waals surface area contributed by atoms with Crippen molar-refractivity contribution in [3.05, 3.63) is 28.8 Å². The standard InChI is InChI=1S/C23H36N4O2S/c1-7-15(6)19(12-24)27-23(29)18(26-22(28)14(4)5)11-21-25-17-9-8-16(13(2)3)10-20(17)30-21/h8-10,13-15,18-19H,7,11-12,24H2,1-6H3,(H,26,28)(H,27,29)/t15-,18?,19+/m0/s1. The second-order valence-electron chi connectivity index (χ2n) is 8.65. The van der Waals surface area contributed by atoms with Crippen LogP contribution in [0.2, 0.25) is 0 Å². The summed E-state index contributed by atoms with van der Waals surface area (Å²) < 4.78 is 1.10. The van der Waals surface area contributed by atoms with E-state index in [9.17, 15) is 9.59 Å². The number of aromatic nitrogens is 1. The number of rotatable bonds is 10. The number of amides is 2. The highest BCUT2D eigenvalue weighted by Crippen LogP contribution is 2.27. The number of carbonyl (C=O) groups is 2. The molecule has 166 valence electrons. The van der Waals surface area contributed by atoms with E-state index < -0.39 is 6.04 Å². The fourth-order valence-corrected chi connectivity index (χ4v) is 4.22. The molecule has 1 heterocycles. The van der Waals surface area contributed by atoms with Crippen LogP contribution >= 0.6 is 11.3 Å². The van der Waals surface area contributed by atoms with Gasteiger partial charge in [-0.3, -0.25) is 9.59 Å². The van der Waals surface area contributed by atoms with Crippen LogP contribution in [0.4, 0.5) is 0 Å². The van der Waals surface area contributed by atoms with Crippen LogP contribution in [0.25, 0.3) is 10.2 Å². The van der Waals surface area contributed by atoms with Gasteiger partial charge in [0, 0.05) is 24.9 Å². The minimum atomic E-state index is -0.678. The Morgan fingerprint density at radius 3 is 2.37 bits per heavy atom. The van der Waals surface area contributed by atoms with E-state index in [4.69, 9.17) is 10.7 Å². The second-order valence-corrected chi connectivity index (χ2v) is 9.76. The third-order valence-corrected chi connectivity index (χ3v) is 6.61. The van der Waals surface area contributed by atoms with Crippen molar-refractivity contribution in [3.8, 4) is 0 Å². The van der Waals surface area contributed by atoms with Gasteiger partial charge in [0.2, 0.25) is 11.8 Å². The van der Waals surface area contributed by atoms with Gasteiger partial charge >= 0.3 is 0 Å². The summed E-state index contributed by atoms with van der Waals surface area (Å²) in [5, 5.41) is 6.77. The van der Waals surface area contributed by atoms with Gasteiger partial charge in [-0.05, 0) is 29.5 Å². The van der Waals surface area contributed by atoms with Crippen LogP contribution in [0.5, 0.6) is 0 Å². The van der Waals surface area contributed by atoms with Gasteiger partial charge in [0.05, 0.1) is 15.2 Å². The van der Waals surface area contributed by atoms with Crippen molar-refractivity contribution in [2.75, 3.05) is 6.54 Å². The average Bonchev–Trinajstić information content (AvgIpc) is 3.11. The summed E-state index contributed by atoms with van der Waals surface area (Å²) in [7, 11) is 0. The number of thiazole rings is 1. The fraction of sp³-hybridized carbons (Fsp3) is 0.609. The fourth-order valence-electron chi connectivity index (χ4n) is 3.16. The first kappa shape index (κ1) is 24.3. The van der Waals surface area contributed by atoms with Crippen LogP contribution in [-0.4, -0.2) is 35.4 Å². The van der Waals surface area contributed by atoms with Gasteiger partial charge in [-0.2, -0.15) is 0 Å². The Morgan fingerprint density at radius 2 is 1.80 bits per heavy atom. The molecule has 2 amide bonds. The molecule has 0 fully saturated rings. The number of carbonyl (C=O) groups excluding carboxylic acids is 2. The largest absolute Gasteiger partial charge is 0.350 e. The maximum atomic E-state index is 13.0. The maximum absolute atomic E-state index is 13.0. The molecule has 3 atom stereocenters. The molecule has 2 rings (SSSR count). The zero-order valence-electron chi connectivity index (χ0n) is 19.0. The molecule has 7 heteroatoms. The van der Waals surface area contributed by atoms with Gasteiger partial charge in [-0.15, -0.1) is 11.3 Å². The molecule has 0 saturated heterocycles. The quantitative estimate of drug-likeness (QED) is 0.534. The average molecular weight is 433 g/mol. The highest BCUT2D eigenvalue weighted by Gasteiger charge is 2.27. The topological polar surface area (TPSA) is 97.1 Å². The third kappa shape index (κ3) is 6.25. The monoisotopic (exact) mass is 432 g/mol. The van der Waals surface area contributed by atoms with Crippen molar-refractivity contribution in [2.45, 2.75) is 72.4 Å². The van der Waals surface area contributed by atoms with E-state index in [1.165, 1.54) is 5.56 Å². The van der Waals surface area contributed by atoms with Crippen molar-refractivity contribution in [1.29, 1.82) is 0 Å². The molecular formula is C23H36N4O2S. The summed E-state index contributed by atoms with van der Waals surface area (Å²) in [5.74, 6) is 0.145. The van der Waals surface area contributed by atoms with Crippen LogP contribution in [0.15, 0.2) is 18.2 Å². The van der Waals surface area contributed by atoms with Crippen molar-refractivity contribution in [2.24, 2.45) is 17.6 Å². The number of benzene rings is 1. The lowest BCUT2D eigenvalue weighted by Crippen LogP contribution is -2.54. The molecule has 1 aromatic carbocycles. The molecule has 2 aromatic rings.